The number of fused-ring (bicyclic) bond motifs is 1. The third-order valence-electron chi connectivity index (χ3n) is 3.10. The lowest BCUT2D eigenvalue weighted by molar-refractivity contribution is 0.461. The topological polar surface area (TPSA) is 12.0 Å². The molecule has 0 aromatic heterocycles. The van der Waals surface area contributed by atoms with Crippen LogP contribution in [0.15, 0.2) is 24.3 Å². The standard InChI is InChI=1S/C13H19N/c1-2-5-13-9-8-11-6-3-4-7-12(11)10-14-13/h3-4,6-7,13-14H,2,5,8-10H2,1H3. The Bertz CT molecular complexity index is 266. The Morgan fingerprint density at radius 3 is 2.86 bits per heavy atom. The first-order valence-corrected chi connectivity index (χ1v) is 5.70. The van der Waals surface area contributed by atoms with E-state index in [1.165, 1.54) is 31.2 Å². The van der Waals surface area contributed by atoms with E-state index in [2.05, 4.69) is 36.5 Å². The van der Waals surface area contributed by atoms with Crippen LogP contribution in [-0.2, 0) is 13.0 Å². The SMILES string of the molecule is CCCC1CCc2ccccc2CN1. The van der Waals surface area contributed by atoms with Gasteiger partial charge in [-0.25, -0.2) is 0 Å². The molecule has 14 heavy (non-hydrogen) atoms. The molecule has 1 atom stereocenters. The van der Waals surface area contributed by atoms with Gasteiger partial charge in [0, 0.05) is 12.6 Å². The van der Waals surface area contributed by atoms with Crippen LogP contribution in [0.25, 0.3) is 0 Å². The van der Waals surface area contributed by atoms with Crippen molar-refractivity contribution >= 4 is 0 Å². The van der Waals surface area contributed by atoms with Crippen LogP contribution in [0, 0.1) is 0 Å². The zero-order chi connectivity index (χ0) is 9.80. The molecule has 1 heterocycles. The Morgan fingerprint density at radius 1 is 1.29 bits per heavy atom. The van der Waals surface area contributed by atoms with Crippen molar-refractivity contribution in [2.75, 3.05) is 0 Å². The Balaban J connectivity index is 2.06. The van der Waals surface area contributed by atoms with E-state index < -0.39 is 0 Å². The molecule has 2 rings (SSSR count). The number of hydrogen-bond donors (Lipinski definition) is 1. The molecule has 1 nitrogen and oxygen atoms in total. The summed E-state index contributed by atoms with van der Waals surface area (Å²) in [6.45, 7) is 3.32. The molecule has 1 unspecified atom stereocenters. The summed E-state index contributed by atoms with van der Waals surface area (Å²) in [5.74, 6) is 0. The highest BCUT2D eigenvalue weighted by molar-refractivity contribution is 5.28. The summed E-state index contributed by atoms with van der Waals surface area (Å²) in [7, 11) is 0. The van der Waals surface area contributed by atoms with E-state index in [0.29, 0.717) is 0 Å². The van der Waals surface area contributed by atoms with Gasteiger partial charge in [-0.15, -0.1) is 0 Å². The fourth-order valence-corrected chi connectivity index (χ4v) is 2.25. The molecule has 0 radical (unpaired) electrons. The summed E-state index contributed by atoms with van der Waals surface area (Å²) < 4.78 is 0. The first-order chi connectivity index (χ1) is 6.90. The second-order valence-corrected chi connectivity index (χ2v) is 4.17. The van der Waals surface area contributed by atoms with Crippen LogP contribution in [0.5, 0.6) is 0 Å². The lowest BCUT2D eigenvalue weighted by Crippen LogP contribution is -2.26. The predicted octanol–water partition coefficient (Wildman–Crippen LogP) is 2.89. The summed E-state index contributed by atoms with van der Waals surface area (Å²) in [4.78, 5) is 0. The van der Waals surface area contributed by atoms with Crippen LogP contribution in [0.1, 0.15) is 37.3 Å². The molecule has 1 aromatic rings. The predicted molar refractivity (Wildman–Crippen MR) is 60.3 cm³/mol. The maximum atomic E-state index is 3.64. The smallest absolute Gasteiger partial charge is 0.0210 e. The van der Waals surface area contributed by atoms with Gasteiger partial charge in [0.2, 0.25) is 0 Å². The van der Waals surface area contributed by atoms with E-state index in [9.17, 15) is 0 Å². The number of nitrogens with one attached hydrogen (secondary N) is 1. The summed E-state index contributed by atoms with van der Waals surface area (Å²) >= 11 is 0. The zero-order valence-electron chi connectivity index (χ0n) is 8.92. The maximum absolute atomic E-state index is 3.64. The number of hydrogen-bond acceptors (Lipinski definition) is 1. The average Bonchev–Trinajstić information content (AvgIpc) is 2.42. The second kappa shape index (κ2) is 4.61. The van der Waals surface area contributed by atoms with Crippen molar-refractivity contribution in [2.24, 2.45) is 0 Å². The third-order valence-corrected chi connectivity index (χ3v) is 3.10. The Morgan fingerprint density at radius 2 is 2.07 bits per heavy atom. The highest BCUT2D eigenvalue weighted by atomic mass is 14.9. The van der Waals surface area contributed by atoms with Crippen molar-refractivity contribution in [3.05, 3.63) is 35.4 Å². The van der Waals surface area contributed by atoms with E-state index in [1.54, 1.807) is 5.56 Å². The van der Waals surface area contributed by atoms with Gasteiger partial charge < -0.3 is 5.32 Å². The van der Waals surface area contributed by atoms with E-state index in [4.69, 9.17) is 0 Å². The van der Waals surface area contributed by atoms with Gasteiger partial charge >= 0.3 is 0 Å². The Kier molecular flexibility index (Phi) is 3.20. The van der Waals surface area contributed by atoms with E-state index in [1.807, 2.05) is 0 Å². The normalized spacial score (nSPS) is 21.4. The van der Waals surface area contributed by atoms with Crippen LogP contribution >= 0.6 is 0 Å². The molecule has 0 aliphatic carbocycles. The first-order valence-electron chi connectivity index (χ1n) is 5.70. The number of aryl methyl sites for hydroxylation is 1. The van der Waals surface area contributed by atoms with Gasteiger partial charge in [0.05, 0.1) is 0 Å². The maximum Gasteiger partial charge on any atom is 0.0210 e. The van der Waals surface area contributed by atoms with Gasteiger partial charge in [0.25, 0.3) is 0 Å². The Labute approximate surface area is 86.5 Å². The molecule has 0 fully saturated rings. The molecule has 0 saturated carbocycles. The lowest BCUT2D eigenvalue weighted by atomic mass is 10.0. The molecule has 1 aliphatic rings. The summed E-state index contributed by atoms with van der Waals surface area (Å²) in [5, 5.41) is 3.64. The van der Waals surface area contributed by atoms with Crippen molar-refractivity contribution in [3.8, 4) is 0 Å². The van der Waals surface area contributed by atoms with Gasteiger partial charge in [-0.05, 0) is 30.4 Å². The largest absolute Gasteiger partial charge is 0.310 e. The Hall–Kier alpha value is -0.820. The fourth-order valence-electron chi connectivity index (χ4n) is 2.25. The van der Waals surface area contributed by atoms with Gasteiger partial charge in [0.15, 0.2) is 0 Å². The summed E-state index contributed by atoms with van der Waals surface area (Å²) in [5.41, 5.74) is 3.03. The highest BCUT2D eigenvalue weighted by Crippen LogP contribution is 2.17. The van der Waals surface area contributed by atoms with Gasteiger partial charge in [-0.1, -0.05) is 37.6 Å². The van der Waals surface area contributed by atoms with E-state index >= 15 is 0 Å². The molecular formula is C13H19N. The van der Waals surface area contributed by atoms with Gasteiger partial charge in [0.1, 0.15) is 0 Å². The molecule has 1 aliphatic heterocycles. The van der Waals surface area contributed by atoms with E-state index in [-0.39, 0.29) is 0 Å². The van der Waals surface area contributed by atoms with Crippen molar-refractivity contribution in [3.63, 3.8) is 0 Å². The number of rotatable bonds is 2. The van der Waals surface area contributed by atoms with Crippen LogP contribution in [0.4, 0.5) is 0 Å². The molecular weight excluding hydrogens is 170 g/mol. The third kappa shape index (κ3) is 2.16. The molecule has 1 N–H and O–H groups in total. The monoisotopic (exact) mass is 189 g/mol. The van der Waals surface area contributed by atoms with Crippen LogP contribution in [-0.4, -0.2) is 6.04 Å². The summed E-state index contributed by atoms with van der Waals surface area (Å²) in [6.07, 6.45) is 5.14. The molecule has 0 saturated heterocycles. The molecule has 0 bridgehead atoms. The van der Waals surface area contributed by atoms with Crippen LogP contribution in [0.3, 0.4) is 0 Å². The van der Waals surface area contributed by atoms with Gasteiger partial charge in [-0.3, -0.25) is 0 Å². The van der Waals surface area contributed by atoms with Crippen molar-refractivity contribution in [1.29, 1.82) is 0 Å². The quantitative estimate of drug-likeness (QED) is 0.754. The van der Waals surface area contributed by atoms with Crippen LogP contribution in [0.2, 0.25) is 0 Å². The molecule has 76 valence electrons. The average molecular weight is 189 g/mol. The zero-order valence-corrected chi connectivity index (χ0v) is 8.92. The highest BCUT2D eigenvalue weighted by Gasteiger charge is 2.13. The first kappa shape index (κ1) is 9.72. The minimum atomic E-state index is 0.729. The van der Waals surface area contributed by atoms with Crippen molar-refractivity contribution in [1.82, 2.24) is 5.32 Å². The lowest BCUT2D eigenvalue weighted by Gasteiger charge is -2.13. The summed E-state index contributed by atoms with van der Waals surface area (Å²) in [6, 6.07) is 9.54. The van der Waals surface area contributed by atoms with Crippen LogP contribution < -0.4 is 5.32 Å². The van der Waals surface area contributed by atoms with E-state index in [0.717, 1.165) is 12.6 Å². The minimum absolute atomic E-state index is 0.729. The minimum Gasteiger partial charge on any atom is -0.310 e. The molecule has 0 spiro atoms. The second-order valence-electron chi connectivity index (χ2n) is 4.17. The van der Waals surface area contributed by atoms with Gasteiger partial charge in [-0.2, -0.15) is 0 Å². The van der Waals surface area contributed by atoms with Crippen molar-refractivity contribution in [2.45, 2.75) is 45.2 Å². The fraction of sp³-hybridized carbons (Fsp3) is 0.538. The van der Waals surface area contributed by atoms with Crippen molar-refractivity contribution < 1.29 is 0 Å². The molecule has 1 aromatic carbocycles. The molecule has 1 heteroatoms. The number of benzene rings is 1. The molecule has 0 amide bonds.